The molecule has 0 spiro atoms. The first-order valence-corrected chi connectivity index (χ1v) is 10.2. The Morgan fingerprint density at radius 2 is 1.77 bits per heavy atom. The zero-order valence-electron chi connectivity index (χ0n) is 17.4. The van der Waals surface area contributed by atoms with Crippen molar-refractivity contribution in [3.63, 3.8) is 0 Å². The average Bonchev–Trinajstić information content (AvgIpc) is 2.75. The lowest BCUT2D eigenvalue weighted by atomic mass is 9.99. The Morgan fingerprint density at radius 3 is 2.48 bits per heavy atom. The minimum atomic E-state index is -1.77. The maximum atomic E-state index is 11.3. The van der Waals surface area contributed by atoms with Crippen molar-refractivity contribution >= 4 is 16.7 Å². The van der Waals surface area contributed by atoms with E-state index in [0.717, 1.165) is 10.8 Å². The number of carboxylic acid groups (broad SMARTS) is 1. The van der Waals surface area contributed by atoms with Crippen LogP contribution in [0, 0.1) is 0 Å². The van der Waals surface area contributed by atoms with E-state index < -0.39 is 42.8 Å². The van der Waals surface area contributed by atoms with E-state index in [1.54, 1.807) is 0 Å². The Kier molecular flexibility index (Phi) is 7.82. The molecule has 9 heteroatoms. The number of hydrogen-bond donors (Lipinski definition) is 5. The van der Waals surface area contributed by atoms with Crippen LogP contribution in [0.5, 0.6) is 5.75 Å². The molecule has 2 aromatic rings. The van der Waals surface area contributed by atoms with E-state index in [-0.39, 0.29) is 12.6 Å². The number of hydrogen-bond acceptors (Lipinski definition) is 8. The molecule has 2 aromatic carbocycles. The van der Waals surface area contributed by atoms with Crippen LogP contribution in [-0.4, -0.2) is 82.4 Å². The van der Waals surface area contributed by atoms with E-state index in [1.165, 1.54) is 0 Å². The zero-order chi connectivity index (χ0) is 22.5. The number of aliphatic hydroxyl groups is 3. The predicted octanol–water partition coefficient (Wildman–Crippen LogP) is 0.494. The second-order valence-corrected chi connectivity index (χ2v) is 7.84. The van der Waals surface area contributed by atoms with Gasteiger partial charge in [-0.2, -0.15) is 0 Å². The van der Waals surface area contributed by atoms with Crippen LogP contribution >= 0.6 is 0 Å². The maximum Gasteiger partial charge on any atom is 0.335 e. The van der Waals surface area contributed by atoms with Crippen LogP contribution in [0.25, 0.3) is 10.8 Å². The smallest absolute Gasteiger partial charge is 0.335 e. The van der Waals surface area contributed by atoms with Gasteiger partial charge in [0.1, 0.15) is 36.8 Å². The van der Waals surface area contributed by atoms with E-state index in [2.05, 4.69) is 5.32 Å². The number of nitrogens with one attached hydrogen (secondary N) is 1. The minimum absolute atomic E-state index is 0.0801. The predicted molar refractivity (Wildman–Crippen MR) is 112 cm³/mol. The minimum Gasteiger partial charge on any atom is -0.490 e. The highest BCUT2D eigenvalue weighted by atomic mass is 16.7. The Bertz CT molecular complexity index is 870. The van der Waals surface area contributed by atoms with Crippen LogP contribution < -0.4 is 10.1 Å². The Hall–Kier alpha value is -2.27. The fourth-order valence-electron chi connectivity index (χ4n) is 3.37. The summed E-state index contributed by atoms with van der Waals surface area (Å²) in [7, 11) is 0. The lowest BCUT2D eigenvalue weighted by Crippen LogP contribution is -2.61. The molecule has 0 unspecified atom stereocenters. The third-order valence-corrected chi connectivity index (χ3v) is 5.07. The number of rotatable bonds is 9. The van der Waals surface area contributed by atoms with Crippen molar-refractivity contribution in [1.82, 2.24) is 5.32 Å². The number of carbonyl (C=O) groups is 1. The van der Waals surface area contributed by atoms with Gasteiger partial charge in [0.25, 0.3) is 0 Å². The summed E-state index contributed by atoms with van der Waals surface area (Å²) in [6.45, 7) is 4.31. The van der Waals surface area contributed by atoms with Crippen LogP contribution in [0.3, 0.4) is 0 Å². The van der Waals surface area contributed by atoms with Crippen molar-refractivity contribution in [1.29, 1.82) is 0 Å². The summed E-state index contributed by atoms with van der Waals surface area (Å²) in [5, 5.41) is 44.5. The summed E-state index contributed by atoms with van der Waals surface area (Å²) in [4.78, 5) is 11.3. The molecule has 0 aromatic heterocycles. The number of aliphatic hydroxyl groups excluding tert-OH is 3. The Morgan fingerprint density at radius 1 is 1.06 bits per heavy atom. The molecule has 3 rings (SSSR count). The fraction of sp³-hybridized carbons (Fsp3) is 0.500. The monoisotopic (exact) mass is 435 g/mol. The van der Waals surface area contributed by atoms with Gasteiger partial charge < -0.3 is 40.0 Å². The largest absolute Gasteiger partial charge is 0.490 e. The van der Waals surface area contributed by atoms with Crippen molar-refractivity contribution in [2.45, 2.75) is 56.7 Å². The lowest BCUT2D eigenvalue weighted by molar-refractivity contribution is -0.305. The molecule has 170 valence electrons. The molecular formula is C22H29NO8. The van der Waals surface area contributed by atoms with Crippen molar-refractivity contribution in [2.75, 3.05) is 13.2 Å². The molecule has 1 aliphatic heterocycles. The summed E-state index contributed by atoms with van der Waals surface area (Å²) < 4.78 is 17.0. The molecule has 31 heavy (non-hydrogen) atoms. The second-order valence-electron chi connectivity index (χ2n) is 7.84. The quantitative estimate of drug-likeness (QED) is 0.381. The molecule has 0 radical (unpaired) electrons. The molecule has 0 saturated carbocycles. The zero-order valence-corrected chi connectivity index (χ0v) is 17.4. The highest BCUT2D eigenvalue weighted by Crippen LogP contribution is 2.26. The average molecular weight is 435 g/mol. The third-order valence-electron chi connectivity index (χ3n) is 5.07. The first kappa shape index (κ1) is 23.4. The molecule has 1 aliphatic rings. The fourth-order valence-corrected chi connectivity index (χ4v) is 3.37. The number of carboxylic acids is 1. The summed E-state index contributed by atoms with van der Waals surface area (Å²) >= 11 is 0. The molecule has 1 fully saturated rings. The van der Waals surface area contributed by atoms with E-state index in [4.69, 9.17) is 14.2 Å². The standard InChI is InChI=1S/C22H29NO8/c1-12(2)23-10-14(11-29-16-9-5-7-13-6-3-4-8-15(13)16)30-22-19(26)17(24)18(25)20(31-22)21(27)28/h3-9,12,14,17-20,22-26H,10-11H2,1-2H3,(H,27,28)/t14-,17-,18-,19+,20-,22+/m0/s1. The molecule has 1 saturated heterocycles. The van der Waals surface area contributed by atoms with Gasteiger partial charge in [-0.15, -0.1) is 0 Å². The van der Waals surface area contributed by atoms with Crippen LogP contribution in [0.15, 0.2) is 42.5 Å². The summed E-state index contributed by atoms with van der Waals surface area (Å²) in [5.41, 5.74) is 0. The van der Waals surface area contributed by atoms with Gasteiger partial charge in [0.15, 0.2) is 12.4 Å². The van der Waals surface area contributed by atoms with Gasteiger partial charge in [-0.05, 0) is 11.5 Å². The summed E-state index contributed by atoms with van der Waals surface area (Å²) in [5.74, 6) is -0.809. The molecule has 0 bridgehead atoms. The van der Waals surface area contributed by atoms with Gasteiger partial charge in [0.05, 0.1) is 0 Å². The number of aliphatic carboxylic acids is 1. The van der Waals surface area contributed by atoms with Gasteiger partial charge in [-0.1, -0.05) is 50.2 Å². The molecule has 0 aliphatic carbocycles. The summed E-state index contributed by atoms with van der Waals surface area (Å²) in [6, 6.07) is 13.6. The van der Waals surface area contributed by atoms with E-state index in [9.17, 15) is 25.2 Å². The maximum absolute atomic E-state index is 11.3. The molecule has 0 amide bonds. The van der Waals surface area contributed by atoms with Crippen molar-refractivity contribution in [2.24, 2.45) is 0 Å². The third kappa shape index (κ3) is 5.70. The molecule has 6 atom stereocenters. The Labute approximate surface area is 180 Å². The first-order valence-electron chi connectivity index (χ1n) is 10.2. The van der Waals surface area contributed by atoms with Crippen LogP contribution in [0.4, 0.5) is 0 Å². The van der Waals surface area contributed by atoms with Crippen molar-refractivity contribution in [3.8, 4) is 5.75 Å². The SMILES string of the molecule is CC(C)NC[C@@H](COc1cccc2ccccc12)O[C@@H]1O[C@H](C(=O)O)[C@@H](O)[C@H](O)[C@H]1O. The van der Waals surface area contributed by atoms with Gasteiger partial charge in [-0.3, -0.25) is 0 Å². The van der Waals surface area contributed by atoms with E-state index >= 15 is 0 Å². The lowest BCUT2D eigenvalue weighted by Gasteiger charge is -2.39. The van der Waals surface area contributed by atoms with Crippen molar-refractivity contribution < 1.29 is 39.4 Å². The van der Waals surface area contributed by atoms with E-state index in [0.29, 0.717) is 12.3 Å². The number of benzene rings is 2. The van der Waals surface area contributed by atoms with Gasteiger partial charge in [0.2, 0.25) is 0 Å². The van der Waals surface area contributed by atoms with Gasteiger partial charge in [-0.25, -0.2) is 4.79 Å². The van der Waals surface area contributed by atoms with Crippen LogP contribution in [0.2, 0.25) is 0 Å². The number of fused-ring (bicyclic) bond motifs is 1. The van der Waals surface area contributed by atoms with Crippen LogP contribution in [-0.2, 0) is 14.3 Å². The molecule has 1 heterocycles. The molecular weight excluding hydrogens is 406 g/mol. The van der Waals surface area contributed by atoms with Gasteiger partial charge >= 0.3 is 5.97 Å². The Balaban J connectivity index is 1.73. The molecule has 5 N–H and O–H groups in total. The van der Waals surface area contributed by atoms with Crippen molar-refractivity contribution in [3.05, 3.63) is 42.5 Å². The van der Waals surface area contributed by atoms with Gasteiger partial charge in [0, 0.05) is 18.0 Å². The first-order chi connectivity index (χ1) is 14.8. The molecule has 9 nitrogen and oxygen atoms in total. The van der Waals surface area contributed by atoms with E-state index in [1.807, 2.05) is 56.3 Å². The normalized spacial score (nSPS) is 27.4. The second kappa shape index (κ2) is 10.4. The highest BCUT2D eigenvalue weighted by molar-refractivity contribution is 5.88. The highest BCUT2D eigenvalue weighted by Gasteiger charge is 2.48. The summed E-state index contributed by atoms with van der Waals surface area (Å²) in [6.07, 6.45) is -8.93. The number of ether oxygens (including phenoxy) is 3. The topological polar surface area (TPSA) is 138 Å². The van der Waals surface area contributed by atoms with Crippen LogP contribution in [0.1, 0.15) is 13.8 Å².